The first-order valence-electron chi connectivity index (χ1n) is 5.30. The summed E-state index contributed by atoms with van der Waals surface area (Å²) in [6.45, 7) is 0.510. The third-order valence-electron chi connectivity index (χ3n) is 2.71. The Balaban J connectivity index is 2.16. The number of hydrogen-bond donors (Lipinski definition) is 0. The average molecular weight is 278 g/mol. The maximum Gasteiger partial charge on any atom is 0.189 e. The van der Waals surface area contributed by atoms with Gasteiger partial charge in [-0.05, 0) is 12.1 Å². The molecule has 0 aliphatic heterocycles. The standard InChI is InChI=1S/C12H8ClN3OS/c13-12-9(14-15-18-12)7-16-6-5-11(17)8-3-1-2-4-10(8)16/h1-6H,7H2. The van der Waals surface area contributed by atoms with E-state index < -0.39 is 0 Å². The highest BCUT2D eigenvalue weighted by Crippen LogP contribution is 2.19. The SMILES string of the molecule is O=c1ccn(Cc2nnsc2Cl)c2ccccc12. The third-order valence-corrected chi connectivity index (χ3v) is 3.70. The summed E-state index contributed by atoms with van der Waals surface area (Å²) < 4.78 is 6.33. The molecule has 2 heterocycles. The Bertz CT molecular complexity index is 765. The van der Waals surface area contributed by atoms with Gasteiger partial charge in [-0.2, -0.15) is 0 Å². The molecule has 0 radical (unpaired) electrons. The summed E-state index contributed by atoms with van der Waals surface area (Å²) >= 11 is 7.15. The molecule has 0 N–H and O–H groups in total. The van der Waals surface area contributed by atoms with E-state index in [0.717, 1.165) is 22.7 Å². The van der Waals surface area contributed by atoms with Crippen LogP contribution >= 0.6 is 23.1 Å². The van der Waals surface area contributed by atoms with Crippen LogP contribution in [0.1, 0.15) is 5.69 Å². The lowest BCUT2D eigenvalue weighted by Crippen LogP contribution is -2.09. The van der Waals surface area contributed by atoms with E-state index in [-0.39, 0.29) is 5.43 Å². The van der Waals surface area contributed by atoms with Gasteiger partial charge in [-0.15, -0.1) is 5.10 Å². The van der Waals surface area contributed by atoms with Crippen molar-refractivity contribution in [2.24, 2.45) is 0 Å². The smallest absolute Gasteiger partial charge is 0.189 e. The van der Waals surface area contributed by atoms with Crippen molar-refractivity contribution in [2.45, 2.75) is 6.54 Å². The molecule has 0 bridgehead atoms. The molecule has 0 saturated heterocycles. The van der Waals surface area contributed by atoms with Crippen LogP contribution in [0.15, 0.2) is 41.3 Å². The number of para-hydroxylation sites is 1. The lowest BCUT2D eigenvalue weighted by Gasteiger charge is -2.08. The summed E-state index contributed by atoms with van der Waals surface area (Å²) in [6, 6.07) is 9.03. The quantitative estimate of drug-likeness (QED) is 0.723. The van der Waals surface area contributed by atoms with Crippen molar-refractivity contribution in [3.63, 3.8) is 0 Å². The van der Waals surface area contributed by atoms with Crippen LogP contribution in [-0.2, 0) is 6.54 Å². The Morgan fingerprint density at radius 3 is 2.89 bits per heavy atom. The number of hydrogen-bond acceptors (Lipinski definition) is 4. The Labute approximate surface area is 112 Å². The fourth-order valence-corrected chi connectivity index (χ4v) is 2.46. The van der Waals surface area contributed by atoms with E-state index in [1.165, 1.54) is 0 Å². The highest BCUT2D eigenvalue weighted by atomic mass is 35.5. The molecule has 6 heteroatoms. The van der Waals surface area contributed by atoms with Crippen molar-refractivity contribution in [2.75, 3.05) is 0 Å². The van der Waals surface area contributed by atoms with Crippen molar-refractivity contribution in [3.05, 3.63) is 56.8 Å². The fraction of sp³-hybridized carbons (Fsp3) is 0.0833. The number of pyridine rings is 1. The van der Waals surface area contributed by atoms with E-state index in [9.17, 15) is 4.79 Å². The first-order chi connectivity index (χ1) is 8.75. The highest BCUT2D eigenvalue weighted by molar-refractivity contribution is 7.10. The molecule has 0 unspecified atom stereocenters. The molecule has 0 aliphatic rings. The molecular formula is C12H8ClN3OS. The summed E-state index contributed by atoms with van der Waals surface area (Å²) in [7, 11) is 0. The van der Waals surface area contributed by atoms with Crippen LogP contribution in [0.4, 0.5) is 0 Å². The molecule has 3 aromatic rings. The molecule has 0 fully saturated rings. The number of nitrogens with zero attached hydrogens (tertiary/aromatic N) is 3. The molecule has 1 aromatic carbocycles. The minimum atomic E-state index is 0.0179. The van der Waals surface area contributed by atoms with Crippen molar-refractivity contribution in [3.8, 4) is 0 Å². The van der Waals surface area contributed by atoms with Gasteiger partial charge in [0, 0.05) is 29.2 Å². The van der Waals surface area contributed by atoms with Gasteiger partial charge < -0.3 is 4.57 Å². The van der Waals surface area contributed by atoms with Gasteiger partial charge in [-0.1, -0.05) is 28.2 Å². The number of aromatic nitrogens is 3. The van der Waals surface area contributed by atoms with E-state index in [0.29, 0.717) is 16.3 Å². The second-order valence-corrected chi connectivity index (χ2v) is 5.17. The Hall–Kier alpha value is -1.72. The molecule has 4 nitrogen and oxygen atoms in total. The van der Waals surface area contributed by atoms with Crippen molar-refractivity contribution < 1.29 is 0 Å². The molecule has 90 valence electrons. The lowest BCUT2D eigenvalue weighted by atomic mass is 10.2. The molecule has 0 amide bonds. The van der Waals surface area contributed by atoms with Crippen molar-refractivity contribution >= 4 is 34.0 Å². The molecule has 18 heavy (non-hydrogen) atoms. The first-order valence-corrected chi connectivity index (χ1v) is 6.46. The molecule has 0 saturated carbocycles. The number of fused-ring (bicyclic) bond motifs is 1. The van der Waals surface area contributed by atoms with Crippen LogP contribution in [0.25, 0.3) is 10.9 Å². The first kappa shape index (κ1) is 11.4. The van der Waals surface area contributed by atoms with E-state index in [2.05, 4.69) is 9.59 Å². The van der Waals surface area contributed by atoms with E-state index in [1.807, 2.05) is 28.8 Å². The van der Waals surface area contributed by atoms with Crippen LogP contribution in [0.2, 0.25) is 4.34 Å². The lowest BCUT2D eigenvalue weighted by molar-refractivity contribution is 0.792. The number of rotatable bonds is 2. The predicted octanol–water partition coefficient (Wildman–Crippen LogP) is 2.55. The molecule has 3 rings (SSSR count). The van der Waals surface area contributed by atoms with Gasteiger partial charge in [0.1, 0.15) is 10.0 Å². The van der Waals surface area contributed by atoms with Gasteiger partial charge >= 0.3 is 0 Å². The largest absolute Gasteiger partial charge is 0.341 e. The molecule has 0 spiro atoms. The minimum absolute atomic E-state index is 0.0179. The van der Waals surface area contributed by atoms with E-state index in [4.69, 9.17) is 11.6 Å². The van der Waals surface area contributed by atoms with Crippen LogP contribution in [0.5, 0.6) is 0 Å². The summed E-state index contributed by atoms with van der Waals surface area (Å²) in [5, 5.41) is 4.67. The molecule has 0 aliphatic carbocycles. The van der Waals surface area contributed by atoms with E-state index in [1.54, 1.807) is 12.3 Å². The number of halogens is 1. The van der Waals surface area contributed by atoms with Crippen LogP contribution in [0, 0.1) is 0 Å². The summed E-state index contributed by atoms with van der Waals surface area (Å²) in [5.74, 6) is 0. The highest BCUT2D eigenvalue weighted by Gasteiger charge is 2.08. The second kappa shape index (κ2) is 4.51. The zero-order chi connectivity index (χ0) is 12.5. The average Bonchev–Trinajstić information content (AvgIpc) is 2.79. The minimum Gasteiger partial charge on any atom is -0.341 e. The zero-order valence-electron chi connectivity index (χ0n) is 9.21. The second-order valence-electron chi connectivity index (χ2n) is 3.82. The van der Waals surface area contributed by atoms with E-state index >= 15 is 0 Å². The normalized spacial score (nSPS) is 10.9. The fourth-order valence-electron chi connectivity index (χ4n) is 1.85. The third kappa shape index (κ3) is 1.91. The van der Waals surface area contributed by atoms with Gasteiger partial charge in [-0.3, -0.25) is 4.79 Å². The van der Waals surface area contributed by atoms with Gasteiger partial charge in [-0.25, -0.2) is 0 Å². The molecular weight excluding hydrogens is 270 g/mol. The van der Waals surface area contributed by atoms with Gasteiger partial charge in [0.25, 0.3) is 0 Å². The summed E-state index contributed by atoms with van der Waals surface area (Å²) in [5.41, 5.74) is 1.61. The summed E-state index contributed by atoms with van der Waals surface area (Å²) in [6.07, 6.45) is 1.75. The zero-order valence-corrected chi connectivity index (χ0v) is 10.8. The van der Waals surface area contributed by atoms with Gasteiger partial charge in [0.2, 0.25) is 0 Å². The maximum atomic E-state index is 11.7. The van der Waals surface area contributed by atoms with Gasteiger partial charge in [0.15, 0.2) is 5.43 Å². The van der Waals surface area contributed by atoms with Gasteiger partial charge in [0.05, 0.1) is 12.1 Å². The van der Waals surface area contributed by atoms with Crippen LogP contribution < -0.4 is 5.43 Å². The topological polar surface area (TPSA) is 47.8 Å². The van der Waals surface area contributed by atoms with Crippen molar-refractivity contribution in [1.82, 2.24) is 14.2 Å². The Morgan fingerprint density at radius 2 is 2.11 bits per heavy atom. The predicted molar refractivity (Wildman–Crippen MR) is 72.2 cm³/mol. The maximum absolute atomic E-state index is 11.7. The number of benzene rings is 1. The Kier molecular flexibility index (Phi) is 2.85. The van der Waals surface area contributed by atoms with Crippen LogP contribution in [0.3, 0.4) is 0 Å². The summed E-state index contributed by atoms with van der Waals surface area (Å²) in [4.78, 5) is 11.7. The molecule has 2 aromatic heterocycles. The monoisotopic (exact) mass is 277 g/mol. The molecule has 0 atom stereocenters. The van der Waals surface area contributed by atoms with Crippen molar-refractivity contribution in [1.29, 1.82) is 0 Å². The van der Waals surface area contributed by atoms with Crippen LogP contribution in [-0.4, -0.2) is 14.2 Å². The Morgan fingerprint density at radius 1 is 1.28 bits per heavy atom.